The maximum atomic E-state index is 10.7. The van der Waals surface area contributed by atoms with E-state index in [1.807, 2.05) is 0 Å². The van der Waals surface area contributed by atoms with Crippen molar-refractivity contribution in [1.29, 1.82) is 0 Å². The summed E-state index contributed by atoms with van der Waals surface area (Å²) in [5, 5.41) is 8.29. The maximum absolute atomic E-state index is 10.7. The third-order valence-corrected chi connectivity index (χ3v) is 1.23. The van der Waals surface area contributed by atoms with E-state index < -0.39 is 11.8 Å². The Morgan fingerprint density at radius 2 is 1.58 bits per heavy atom. The molecule has 58 valence electrons. The second-order valence-electron chi connectivity index (χ2n) is 2.00. The molecule has 0 radical (unpaired) electrons. The first-order valence-electron chi connectivity index (χ1n) is 3.04. The summed E-state index contributed by atoms with van der Waals surface area (Å²) in [6, 6.07) is 7.90. The van der Waals surface area contributed by atoms with Crippen molar-refractivity contribution in [3.05, 3.63) is 35.9 Å². The van der Waals surface area contributed by atoms with Crippen LogP contribution in [0.3, 0.4) is 0 Å². The van der Waals surface area contributed by atoms with Gasteiger partial charge in [0, 0.05) is 5.56 Å². The first-order chi connectivity index (χ1) is 5.22. The zero-order valence-electron chi connectivity index (χ0n) is 5.65. The van der Waals surface area contributed by atoms with Crippen LogP contribution in [-0.4, -0.2) is 68.2 Å². The van der Waals surface area contributed by atoms with Crippen LogP contribution < -0.4 is 0 Å². The molecule has 0 spiro atoms. The molecule has 0 aliphatic heterocycles. The minimum atomic E-state index is -1.42. The zero-order chi connectivity index (χ0) is 8.27. The summed E-state index contributed by atoms with van der Waals surface area (Å²) in [5.74, 6) is -2.29. The van der Waals surface area contributed by atoms with E-state index >= 15 is 0 Å². The summed E-state index contributed by atoms with van der Waals surface area (Å²) < 4.78 is 0. The van der Waals surface area contributed by atoms with E-state index in [9.17, 15) is 9.59 Å². The van der Waals surface area contributed by atoms with Gasteiger partial charge < -0.3 is 5.11 Å². The molecule has 1 N–H and O–H groups in total. The molecule has 0 saturated carbocycles. The van der Waals surface area contributed by atoms with Crippen LogP contribution in [0, 0.1) is 0 Å². The third kappa shape index (κ3) is 3.16. The van der Waals surface area contributed by atoms with Crippen LogP contribution in [0.5, 0.6) is 0 Å². The number of carbonyl (C=O) groups excluding carboxylic acids is 1. The Balaban J connectivity index is 0.00000121. The first kappa shape index (κ1) is 12.0. The number of rotatable bonds is 2. The molecule has 1 aromatic rings. The van der Waals surface area contributed by atoms with Gasteiger partial charge in [0.15, 0.2) is 0 Å². The van der Waals surface area contributed by atoms with Crippen molar-refractivity contribution >= 4 is 63.1 Å². The molecule has 3 nitrogen and oxygen atoms in total. The summed E-state index contributed by atoms with van der Waals surface area (Å²) in [6.07, 6.45) is 0. The molecule has 0 saturated heterocycles. The second kappa shape index (κ2) is 5.61. The van der Waals surface area contributed by atoms with Crippen molar-refractivity contribution in [2.45, 2.75) is 0 Å². The normalized spacial score (nSPS) is 8.33. The molecule has 1 aromatic carbocycles. The molecular weight excluding hydrogens is 183 g/mol. The quantitative estimate of drug-likeness (QED) is 0.415. The number of carboxylic acid groups (broad SMARTS) is 1. The number of Topliss-reactive ketones (excluding diaryl/α,β-unsaturated/α-hetero) is 1. The minimum absolute atomic E-state index is 0. The van der Waals surface area contributed by atoms with Crippen molar-refractivity contribution < 1.29 is 14.7 Å². The van der Waals surface area contributed by atoms with E-state index in [0.717, 1.165) is 0 Å². The Hall–Kier alpha value is -0.00364. The molecule has 0 aliphatic rings. The standard InChI is InChI=1S/C8H6O3.K.H/c9-7(8(10)11)6-4-2-1-3-5-6;;/h1-5H,(H,10,11);;. The molecule has 12 heavy (non-hydrogen) atoms. The van der Waals surface area contributed by atoms with Gasteiger partial charge in [-0.25, -0.2) is 4.79 Å². The summed E-state index contributed by atoms with van der Waals surface area (Å²) in [6.45, 7) is 0. The second-order valence-corrected chi connectivity index (χ2v) is 2.00. The van der Waals surface area contributed by atoms with Crippen LogP contribution in [-0.2, 0) is 4.79 Å². The number of benzene rings is 1. The molecule has 0 unspecified atom stereocenters. The summed E-state index contributed by atoms with van der Waals surface area (Å²) in [4.78, 5) is 20.9. The summed E-state index contributed by atoms with van der Waals surface area (Å²) >= 11 is 0. The van der Waals surface area contributed by atoms with Gasteiger partial charge in [0.1, 0.15) is 0 Å². The number of carboxylic acids is 1. The predicted octanol–water partition coefficient (Wildman–Crippen LogP) is 0.305. The molecule has 0 bridgehead atoms. The van der Waals surface area contributed by atoms with E-state index in [2.05, 4.69) is 0 Å². The molecule has 0 heterocycles. The molecule has 4 heteroatoms. The molecule has 0 aliphatic carbocycles. The van der Waals surface area contributed by atoms with E-state index in [4.69, 9.17) is 5.11 Å². The zero-order valence-corrected chi connectivity index (χ0v) is 5.65. The van der Waals surface area contributed by atoms with Crippen molar-refractivity contribution in [1.82, 2.24) is 0 Å². The monoisotopic (exact) mass is 190 g/mol. The van der Waals surface area contributed by atoms with E-state index in [0.29, 0.717) is 0 Å². The third-order valence-electron chi connectivity index (χ3n) is 1.23. The molecular formula is C8H7KO3. The van der Waals surface area contributed by atoms with Gasteiger partial charge in [-0.05, 0) is 0 Å². The first-order valence-corrected chi connectivity index (χ1v) is 3.04. The van der Waals surface area contributed by atoms with Crippen LogP contribution in [0.4, 0.5) is 0 Å². The van der Waals surface area contributed by atoms with Crippen molar-refractivity contribution in [3.8, 4) is 0 Å². The van der Waals surface area contributed by atoms with Crippen molar-refractivity contribution in [2.24, 2.45) is 0 Å². The van der Waals surface area contributed by atoms with Gasteiger partial charge in [-0.1, -0.05) is 30.3 Å². The Morgan fingerprint density at radius 3 is 2.00 bits per heavy atom. The molecule has 0 atom stereocenters. The summed E-state index contributed by atoms with van der Waals surface area (Å²) in [5.41, 5.74) is 0.208. The number of hydrogen-bond donors (Lipinski definition) is 1. The Kier molecular flexibility index (Phi) is 5.61. The topological polar surface area (TPSA) is 54.4 Å². The molecule has 0 fully saturated rings. The van der Waals surface area contributed by atoms with Crippen LogP contribution in [0.15, 0.2) is 30.3 Å². The Morgan fingerprint density at radius 1 is 1.08 bits per heavy atom. The van der Waals surface area contributed by atoms with Gasteiger partial charge in [0.2, 0.25) is 0 Å². The van der Waals surface area contributed by atoms with E-state index in [1.165, 1.54) is 12.1 Å². The molecule has 1 rings (SSSR count). The average molecular weight is 190 g/mol. The van der Waals surface area contributed by atoms with Gasteiger partial charge in [0.05, 0.1) is 0 Å². The number of hydrogen-bond acceptors (Lipinski definition) is 2. The number of ketones is 1. The molecule has 0 aromatic heterocycles. The van der Waals surface area contributed by atoms with Gasteiger partial charge in [-0.15, -0.1) is 0 Å². The number of aliphatic carboxylic acids is 1. The fourth-order valence-electron chi connectivity index (χ4n) is 0.713. The van der Waals surface area contributed by atoms with Crippen molar-refractivity contribution in [2.75, 3.05) is 0 Å². The van der Waals surface area contributed by atoms with E-state index in [-0.39, 0.29) is 56.9 Å². The SMILES string of the molecule is O=C(O)C(=O)c1ccccc1.[KH]. The molecule has 0 amide bonds. The van der Waals surface area contributed by atoms with Crippen molar-refractivity contribution in [3.63, 3.8) is 0 Å². The van der Waals surface area contributed by atoms with Gasteiger partial charge >= 0.3 is 57.4 Å². The number of carbonyl (C=O) groups is 2. The van der Waals surface area contributed by atoms with Crippen LogP contribution in [0.25, 0.3) is 0 Å². The Bertz CT molecular complexity index is 282. The average Bonchev–Trinajstić information content (AvgIpc) is 2.05. The van der Waals surface area contributed by atoms with Crippen LogP contribution >= 0.6 is 0 Å². The van der Waals surface area contributed by atoms with E-state index in [1.54, 1.807) is 18.2 Å². The van der Waals surface area contributed by atoms with Crippen LogP contribution in [0.1, 0.15) is 10.4 Å². The van der Waals surface area contributed by atoms with Gasteiger partial charge in [-0.3, -0.25) is 4.79 Å². The Labute approximate surface area is 112 Å². The fourth-order valence-corrected chi connectivity index (χ4v) is 0.713. The predicted molar refractivity (Wildman–Crippen MR) is 45.6 cm³/mol. The fraction of sp³-hybridized carbons (Fsp3) is 0. The van der Waals surface area contributed by atoms with Crippen LogP contribution in [0.2, 0.25) is 0 Å². The summed E-state index contributed by atoms with van der Waals surface area (Å²) in [7, 11) is 0. The van der Waals surface area contributed by atoms with Gasteiger partial charge in [0.25, 0.3) is 5.78 Å². The van der Waals surface area contributed by atoms with Gasteiger partial charge in [-0.2, -0.15) is 0 Å².